The number of rotatable bonds is 3. The van der Waals surface area contributed by atoms with Gasteiger partial charge in [0.25, 0.3) is 0 Å². The van der Waals surface area contributed by atoms with Crippen LogP contribution in [0.3, 0.4) is 0 Å². The first kappa shape index (κ1) is 13.3. The predicted octanol–water partition coefficient (Wildman–Crippen LogP) is 2.96. The third kappa shape index (κ3) is 2.50. The van der Waals surface area contributed by atoms with Crippen LogP contribution in [0.2, 0.25) is 5.02 Å². The lowest BCUT2D eigenvalue weighted by Gasteiger charge is -2.07. The van der Waals surface area contributed by atoms with Crippen molar-refractivity contribution in [3.05, 3.63) is 53.2 Å². The zero-order valence-electron chi connectivity index (χ0n) is 10.4. The molecule has 0 spiro atoms. The molecule has 0 aliphatic carbocycles. The topological polar surface area (TPSA) is 79.5 Å². The lowest BCUT2D eigenvalue weighted by Crippen LogP contribution is -1.99. The number of aromatic nitrogens is 3. The summed E-state index contributed by atoms with van der Waals surface area (Å²) < 4.78 is 14.5. The van der Waals surface area contributed by atoms with Crippen molar-refractivity contribution in [2.45, 2.75) is 0 Å². The molecule has 2 aromatic heterocycles. The van der Waals surface area contributed by atoms with Crippen LogP contribution in [0.1, 0.15) is 10.4 Å². The zero-order valence-corrected chi connectivity index (χ0v) is 11.2. The Morgan fingerprint density at radius 1 is 1.38 bits per heavy atom. The largest absolute Gasteiger partial charge is 0.478 e. The van der Waals surface area contributed by atoms with Crippen molar-refractivity contribution in [2.24, 2.45) is 0 Å². The third-order valence-electron chi connectivity index (χ3n) is 2.84. The molecule has 106 valence electrons. The maximum atomic E-state index is 13.1. The van der Waals surface area contributed by atoms with Crippen LogP contribution in [0, 0.1) is 5.82 Å². The summed E-state index contributed by atoms with van der Waals surface area (Å²) in [6.07, 6.45) is 2.66. The number of halogens is 2. The minimum absolute atomic E-state index is 0.0216. The van der Waals surface area contributed by atoms with Gasteiger partial charge in [-0.05, 0) is 24.3 Å². The van der Waals surface area contributed by atoms with Gasteiger partial charge in [-0.25, -0.2) is 18.7 Å². The molecule has 6 nitrogen and oxygen atoms in total. The van der Waals surface area contributed by atoms with E-state index in [1.807, 2.05) is 0 Å². The molecule has 0 amide bonds. The van der Waals surface area contributed by atoms with Gasteiger partial charge in [0, 0.05) is 11.9 Å². The minimum Gasteiger partial charge on any atom is -0.478 e. The Bertz CT molecular complexity index is 849. The number of hydrogen-bond acceptors (Lipinski definition) is 4. The maximum Gasteiger partial charge on any atom is 0.337 e. The molecule has 0 unspecified atom stereocenters. The van der Waals surface area contributed by atoms with Crippen LogP contribution < -0.4 is 5.32 Å². The number of fused-ring (bicyclic) bond motifs is 1. The lowest BCUT2D eigenvalue weighted by atomic mass is 10.3. The van der Waals surface area contributed by atoms with Gasteiger partial charge in [0.2, 0.25) is 0 Å². The van der Waals surface area contributed by atoms with E-state index in [0.717, 1.165) is 0 Å². The first-order valence-electron chi connectivity index (χ1n) is 5.83. The summed E-state index contributed by atoms with van der Waals surface area (Å²) in [6.45, 7) is 0. The van der Waals surface area contributed by atoms with E-state index in [0.29, 0.717) is 17.0 Å². The summed E-state index contributed by atoms with van der Waals surface area (Å²) in [5, 5.41) is 15.9. The Morgan fingerprint density at radius 2 is 2.19 bits per heavy atom. The summed E-state index contributed by atoms with van der Waals surface area (Å²) in [6, 6.07) is 5.58. The molecule has 0 aliphatic heterocycles. The van der Waals surface area contributed by atoms with Gasteiger partial charge in [0.1, 0.15) is 17.7 Å². The van der Waals surface area contributed by atoms with Gasteiger partial charge in [-0.1, -0.05) is 11.6 Å². The van der Waals surface area contributed by atoms with Crippen LogP contribution in [0.5, 0.6) is 0 Å². The lowest BCUT2D eigenvalue weighted by molar-refractivity contribution is 0.0697. The Balaban J connectivity index is 2.03. The number of nitrogens with zero attached hydrogens (tertiary/aromatic N) is 3. The molecule has 0 atom stereocenters. The van der Waals surface area contributed by atoms with Gasteiger partial charge in [-0.3, -0.25) is 0 Å². The number of hydrogen-bond donors (Lipinski definition) is 2. The zero-order chi connectivity index (χ0) is 15.0. The molecule has 3 rings (SSSR count). The fourth-order valence-corrected chi connectivity index (χ4v) is 2.03. The smallest absolute Gasteiger partial charge is 0.337 e. The SMILES string of the molecule is O=C(O)c1cc2c(Nc3ccc(F)c(Cl)c3)ncnn2c1. The monoisotopic (exact) mass is 306 g/mol. The van der Waals surface area contributed by atoms with Gasteiger partial charge >= 0.3 is 5.97 Å². The molecule has 1 aromatic carbocycles. The summed E-state index contributed by atoms with van der Waals surface area (Å²) in [4.78, 5) is 15.0. The Hall–Kier alpha value is -2.67. The van der Waals surface area contributed by atoms with Gasteiger partial charge in [-0.15, -0.1) is 0 Å². The van der Waals surface area contributed by atoms with Crippen LogP contribution in [0.15, 0.2) is 36.8 Å². The third-order valence-corrected chi connectivity index (χ3v) is 3.12. The normalized spacial score (nSPS) is 10.8. The van der Waals surface area contributed by atoms with E-state index < -0.39 is 11.8 Å². The maximum absolute atomic E-state index is 13.1. The van der Waals surface area contributed by atoms with Crippen molar-refractivity contribution < 1.29 is 14.3 Å². The minimum atomic E-state index is -1.06. The molecule has 8 heteroatoms. The first-order chi connectivity index (χ1) is 10.0. The number of benzene rings is 1. The quantitative estimate of drug-likeness (QED) is 0.777. The Kier molecular flexibility index (Phi) is 3.19. The second-order valence-corrected chi connectivity index (χ2v) is 4.63. The van der Waals surface area contributed by atoms with Crippen LogP contribution in [0.25, 0.3) is 5.52 Å². The summed E-state index contributed by atoms with van der Waals surface area (Å²) in [7, 11) is 0. The number of aromatic carboxylic acids is 1. The van der Waals surface area contributed by atoms with E-state index in [2.05, 4.69) is 15.4 Å². The Morgan fingerprint density at radius 3 is 2.90 bits per heavy atom. The molecule has 0 fully saturated rings. The number of anilines is 2. The summed E-state index contributed by atoms with van der Waals surface area (Å²) in [5.41, 5.74) is 1.10. The summed E-state index contributed by atoms with van der Waals surface area (Å²) in [5.74, 6) is -1.19. The molecular weight excluding hydrogens is 299 g/mol. The van der Waals surface area contributed by atoms with Gasteiger partial charge in [-0.2, -0.15) is 5.10 Å². The molecule has 2 N–H and O–H groups in total. The van der Waals surface area contributed by atoms with Gasteiger partial charge in [0.15, 0.2) is 5.82 Å². The molecule has 0 bridgehead atoms. The molecular formula is C13H8ClFN4O2. The van der Waals surface area contributed by atoms with E-state index in [1.54, 1.807) is 0 Å². The van der Waals surface area contributed by atoms with E-state index >= 15 is 0 Å². The van der Waals surface area contributed by atoms with E-state index in [9.17, 15) is 9.18 Å². The molecule has 3 aromatic rings. The van der Waals surface area contributed by atoms with Crippen molar-refractivity contribution in [3.63, 3.8) is 0 Å². The highest BCUT2D eigenvalue weighted by Crippen LogP contribution is 2.24. The molecule has 2 heterocycles. The average Bonchev–Trinajstić information content (AvgIpc) is 2.88. The number of carboxylic acids is 1. The highest BCUT2D eigenvalue weighted by atomic mass is 35.5. The molecule has 0 saturated carbocycles. The number of nitrogens with one attached hydrogen (secondary N) is 1. The second-order valence-electron chi connectivity index (χ2n) is 4.23. The average molecular weight is 307 g/mol. The highest BCUT2D eigenvalue weighted by molar-refractivity contribution is 6.31. The van der Waals surface area contributed by atoms with Crippen molar-refractivity contribution in [3.8, 4) is 0 Å². The fraction of sp³-hybridized carbons (Fsp3) is 0. The number of carbonyl (C=O) groups is 1. The van der Waals surface area contributed by atoms with Crippen molar-refractivity contribution in [1.29, 1.82) is 0 Å². The van der Waals surface area contributed by atoms with Crippen LogP contribution in [-0.2, 0) is 0 Å². The number of carboxylic acid groups (broad SMARTS) is 1. The van der Waals surface area contributed by atoms with Crippen molar-refractivity contribution >= 4 is 34.6 Å². The van der Waals surface area contributed by atoms with Crippen LogP contribution >= 0.6 is 11.6 Å². The van der Waals surface area contributed by atoms with Gasteiger partial charge < -0.3 is 10.4 Å². The van der Waals surface area contributed by atoms with Gasteiger partial charge in [0.05, 0.1) is 10.6 Å². The van der Waals surface area contributed by atoms with Crippen LogP contribution in [0.4, 0.5) is 15.9 Å². The molecule has 0 saturated heterocycles. The van der Waals surface area contributed by atoms with Crippen molar-refractivity contribution in [1.82, 2.24) is 14.6 Å². The standard InChI is InChI=1S/C13H8ClFN4O2/c14-9-4-8(1-2-10(9)15)18-12-11-3-7(13(20)21)5-19(11)17-6-16-12/h1-6H,(H,20,21)(H,16,17,18). The highest BCUT2D eigenvalue weighted by Gasteiger charge is 2.11. The molecule has 21 heavy (non-hydrogen) atoms. The molecule has 0 radical (unpaired) electrons. The van der Waals surface area contributed by atoms with Crippen molar-refractivity contribution in [2.75, 3.05) is 5.32 Å². The van der Waals surface area contributed by atoms with E-state index in [-0.39, 0.29) is 10.6 Å². The summed E-state index contributed by atoms with van der Waals surface area (Å²) >= 11 is 5.71. The second kappa shape index (κ2) is 5.02. The fourth-order valence-electron chi connectivity index (χ4n) is 1.85. The van der Waals surface area contributed by atoms with E-state index in [4.69, 9.17) is 16.7 Å². The Labute approximate surface area is 122 Å². The van der Waals surface area contributed by atoms with E-state index in [1.165, 1.54) is 41.3 Å². The first-order valence-corrected chi connectivity index (χ1v) is 6.21. The van der Waals surface area contributed by atoms with Crippen LogP contribution in [-0.4, -0.2) is 25.7 Å². The molecule has 0 aliphatic rings. The predicted molar refractivity (Wildman–Crippen MR) is 74.6 cm³/mol.